The van der Waals surface area contributed by atoms with Crippen LogP contribution in [0.15, 0.2) is 21.9 Å². The molecule has 0 unspecified atom stereocenters. The summed E-state index contributed by atoms with van der Waals surface area (Å²) in [5, 5.41) is 3.23. The van der Waals surface area contributed by atoms with E-state index in [2.05, 4.69) is 10.1 Å². The van der Waals surface area contributed by atoms with E-state index in [0.717, 1.165) is 18.5 Å². The Morgan fingerprint density at radius 1 is 1.67 bits per heavy atom. The predicted octanol–water partition coefficient (Wildman–Crippen LogP) is 1.77. The van der Waals surface area contributed by atoms with Crippen molar-refractivity contribution in [2.24, 2.45) is 10.1 Å². The Morgan fingerprint density at radius 3 is 3.11 bits per heavy atom. The monoisotopic (exact) mass is 123 g/mol. The number of nitrogens with one attached hydrogen (secondary N) is 1. The molecular weight excluding hydrogens is 114 g/mol. The van der Waals surface area contributed by atoms with Gasteiger partial charge >= 0.3 is 0 Å². The van der Waals surface area contributed by atoms with Gasteiger partial charge < -0.3 is 0 Å². The highest BCUT2D eigenvalue weighted by molar-refractivity contribution is 5.60. The van der Waals surface area contributed by atoms with Crippen LogP contribution in [0.1, 0.15) is 12.8 Å². The third kappa shape index (κ3) is 1.76. The lowest BCUT2D eigenvalue weighted by Gasteiger charge is -2.00. The van der Waals surface area contributed by atoms with Gasteiger partial charge in [-0.05, 0) is 12.8 Å². The van der Waals surface area contributed by atoms with Crippen molar-refractivity contribution < 1.29 is 0 Å². The van der Waals surface area contributed by atoms with Crippen molar-refractivity contribution >= 4 is 6.21 Å². The van der Waals surface area contributed by atoms with Gasteiger partial charge in [0.05, 0.1) is 5.70 Å². The summed E-state index contributed by atoms with van der Waals surface area (Å²) >= 11 is 0. The number of aliphatic imine (C=N–C) groups is 1. The highest BCUT2D eigenvalue weighted by atomic mass is 15.0. The van der Waals surface area contributed by atoms with E-state index in [1.54, 1.807) is 0 Å². The van der Waals surface area contributed by atoms with Crippen LogP contribution in [-0.2, 0) is 0 Å². The second-order valence-corrected chi connectivity index (χ2v) is 1.90. The molecule has 9 heavy (non-hydrogen) atoms. The van der Waals surface area contributed by atoms with Gasteiger partial charge in [-0.15, -0.1) is 0 Å². The summed E-state index contributed by atoms with van der Waals surface area (Å²) in [7, 11) is 0. The summed E-state index contributed by atoms with van der Waals surface area (Å²) in [4.78, 5) is 4.04. The number of allylic oxidation sites excluding steroid dienone is 1. The van der Waals surface area contributed by atoms with Crippen LogP contribution in [0, 0.1) is 5.53 Å². The third-order valence-corrected chi connectivity index (χ3v) is 1.17. The van der Waals surface area contributed by atoms with E-state index < -0.39 is 0 Å². The van der Waals surface area contributed by atoms with Crippen molar-refractivity contribution in [3.05, 3.63) is 11.8 Å². The molecule has 0 saturated carbocycles. The molecular formula is C6H9N3. The minimum absolute atomic E-state index is 0.441. The molecule has 3 nitrogen and oxygen atoms in total. The number of nitrogens with zero attached hydrogens (tertiary/aromatic N) is 2. The van der Waals surface area contributed by atoms with Gasteiger partial charge in [0.25, 0.3) is 0 Å². The van der Waals surface area contributed by atoms with Gasteiger partial charge in [-0.3, -0.25) is 4.99 Å². The third-order valence-electron chi connectivity index (χ3n) is 1.17. The Labute approximate surface area is 54.0 Å². The van der Waals surface area contributed by atoms with Crippen LogP contribution in [0.25, 0.3) is 0 Å². The molecule has 0 radical (unpaired) electrons. The van der Waals surface area contributed by atoms with E-state index in [0.29, 0.717) is 6.54 Å². The second kappa shape index (κ2) is 3.12. The summed E-state index contributed by atoms with van der Waals surface area (Å²) in [6, 6.07) is 0. The van der Waals surface area contributed by atoms with E-state index in [1.807, 2.05) is 12.3 Å². The Bertz CT molecular complexity index is 158. The molecule has 0 fully saturated rings. The first kappa shape index (κ1) is 6.13. The van der Waals surface area contributed by atoms with Gasteiger partial charge in [-0.25, -0.2) is 5.53 Å². The van der Waals surface area contributed by atoms with E-state index in [-0.39, 0.29) is 0 Å². The van der Waals surface area contributed by atoms with E-state index in [9.17, 15) is 0 Å². The zero-order chi connectivity index (χ0) is 6.53. The second-order valence-electron chi connectivity index (χ2n) is 1.90. The zero-order valence-electron chi connectivity index (χ0n) is 5.17. The van der Waals surface area contributed by atoms with Gasteiger partial charge in [-0.1, -0.05) is 6.08 Å². The lowest BCUT2D eigenvalue weighted by atomic mass is 10.2. The highest BCUT2D eigenvalue weighted by Gasteiger charge is 1.94. The van der Waals surface area contributed by atoms with Crippen LogP contribution in [0.4, 0.5) is 0 Å². The smallest absolute Gasteiger partial charge is 0.101 e. The number of hydrogen-bond acceptors (Lipinski definition) is 3. The van der Waals surface area contributed by atoms with Crippen LogP contribution >= 0.6 is 0 Å². The SMILES string of the molecule is N=NCC1=CCCC=N1. The molecule has 0 bridgehead atoms. The van der Waals surface area contributed by atoms with Gasteiger partial charge in [0.1, 0.15) is 6.54 Å². The van der Waals surface area contributed by atoms with Gasteiger partial charge in [0.15, 0.2) is 0 Å². The van der Waals surface area contributed by atoms with Crippen LogP contribution in [-0.4, -0.2) is 12.8 Å². The standard InChI is InChI=1S/C6H9N3/c7-9-5-6-3-1-2-4-8-6/h3-4,7H,1-2,5H2. The molecule has 1 aliphatic rings. The van der Waals surface area contributed by atoms with Crippen LogP contribution in [0.2, 0.25) is 0 Å². The summed E-state index contributed by atoms with van der Waals surface area (Å²) in [6.07, 6.45) is 5.98. The fraction of sp³-hybridized carbons (Fsp3) is 0.500. The molecule has 0 atom stereocenters. The maximum Gasteiger partial charge on any atom is 0.101 e. The fourth-order valence-electron chi connectivity index (χ4n) is 0.745. The topological polar surface area (TPSA) is 48.6 Å². The zero-order valence-corrected chi connectivity index (χ0v) is 5.17. The largest absolute Gasteiger partial charge is 0.264 e. The number of hydrogen-bond donors (Lipinski definition) is 1. The van der Waals surface area contributed by atoms with Gasteiger partial charge in [0, 0.05) is 6.21 Å². The van der Waals surface area contributed by atoms with Crippen molar-refractivity contribution in [1.29, 1.82) is 5.53 Å². The van der Waals surface area contributed by atoms with Gasteiger partial charge in [-0.2, -0.15) is 5.11 Å². The molecule has 0 aromatic carbocycles. The van der Waals surface area contributed by atoms with Crippen LogP contribution < -0.4 is 0 Å². The molecule has 1 heterocycles. The molecule has 0 spiro atoms. The molecule has 1 aliphatic heterocycles. The average Bonchev–Trinajstić information content (AvgIpc) is 1.91. The van der Waals surface area contributed by atoms with Crippen LogP contribution in [0.3, 0.4) is 0 Å². The molecule has 0 aliphatic carbocycles. The van der Waals surface area contributed by atoms with E-state index in [4.69, 9.17) is 5.53 Å². The molecule has 1 rings (SSSR count). The minimum atomic E-state index is 0.441. The Hall–Kier alpha value is -0.990. The summed E-state index contributed by atoms with van der Waals surface area (Å²) in [5.74, 6) is 0. The molecule has 48 valence electrons. The van der Waals surface area contributed by atoms with E-state index >= 15 is 0 Å². The molecule has 0 aromatic heterocycles. The van der Waals surface area contributed by atoms with Gasteiger partial charge in [0.2, 0.25) is 0 Å². The van der Waals surface area contributed by atoms with E-state index in [1.165, 1.54) is 0 Å². The van der Waals surface area contributed by atoms with Crippen molar-refractivity contribution in [3.8, 4) is 0 Å². The number of rotatable bonds is 2. The molecule has 3 heteroatoms. The normalized spacial score (nSPS) is 17.1. The quantitative estimate of drug-likeness (QED) is 0.544. The Kier molecular flexibility index (Phi) is 2.13. The molecule has 0 saturated heterocycles. The highest BCUT2D eigenvalue weighted by Crippen LogP contribution is 2.05. The van der Waals surface area contributed by atoms with Crippen molar-refractivity contribution in [2.75, 3.05) is 6.54 Å². The summed E-state index contributed by atoms with van der Waals surface area (Å²) in [6.45, 7) is 0.441. The summed E-state index contributed by atoms with van der Waals surface area (Å²) < 4.78 is 0. The van der Waals surface area contributed by atoms with Crippen LogP contribution in [0.5, 0.6) is 0 Å². The first-order chi connectivity index (χ1) is 4.43. The molecule has 0 amide bonds. The lowest BCUT2D eigenvalue weighted by Crippen LogP contribution is -1.90. The maximum absolute atomic E-state index is 6.55. The first-order valence-corrected chi connectivity index (χ1v) is 2.98. The summed E-state index contributed by atoms with van der Waals surface area (Å²) in [5.41, 5.74) is 7.48. The fourth-order valence-corrected chi connectivity index (χ4v) is 0.745. The maximum atomic E-state index is 6.55. The predicted molar refractivity (Wildman–Crippen MR) is 35.8 cm³/mol. The Morgan fingerprint density at radius 2 is 2.56 bits per heavy atom. The minimum Gasteiger partial charge on any atom is -0.264 e. The first-order valence-electron chi connectivity index (χ1n) is 2.98. The average molecular weight is 123 g/mol. The molecule has 0 aromatic rings. The lowest BCUT2D eigenvalue weighted by molar-refractivity contribution is 0.921. The van der Waals surface area contributed by atoms with Crippen molar-refractivity contribution in [3.63, 3.8) is 0 Å². The van der Waals surface area contributed by atoms with Crippen molar-refractivity contribution in [2.45, 2.75) is 12.8 Å². The molecule has 1 N–H and O–H groups in total. The Balaban J connectivity index is 2.47. The van der Waals surface area contributed by atoms with Crippen molar-refractivity contribution in [1.82, 2.24) is 0 Å².